The highest BCUT2D eigenvalue weighted by molar-refractivity contribution is 7.89. The minimum absolute atomic E-state index is 0.266. The van der Waals surface area contributed by atoms with E-state index in [-0.39, 0.29) is 13.0 Å². The molecule has 0 radical (unpaired) electrons. The SMILES string of the molecule is CC1OCCC1(O)CNS(=O)(=O)c1cc(F)ccc1F. The largest absolute Gasteiger partial charge is 0.386 e. The van der Waals surface area contributed by atoms with Gasteiger partial charge in [0.25, 0.3) is 0 Å². The Kier molecular flexibility index (Phi) is 4.10. The van der Waals surface area contributed by atoms with Gasteiger partial charge < -0.3 is 9.84 Å². The number of nitrogens with one attached hydrogen (secondary N) is 1. The second kappa shape index (κ2) is 5.36. The molecule has 1 heterocycles. The molecular weight excluding hydrogens is 292 g/mol. The summed E-state index contributed by atoms with van der Waals surface area (Å²) in [5.74, 6) is -1.91. The van der Waals surface area contributed by atoms with Crippen LogP contribution in [0.15, 0.2) is 23.1 Å². The molecule has 8 heteroatoms. The lowest BCUT2D eigenvalue weighted by Gasteiger charge is -2.26. The summed E-state index contributed by atoms with van der Waals surface area (Å²) in [4.78, 5) is -0.785. The quantitative estimate of drug-likeness (QED) is 0.862. The second-order valence-electron chi connectivity index (χ2n) is 4.77. The Balaban J connectivity index is 2.18. The van der Waals surface area contributed by atoms with Crippen LogP contribution in [0, 0.1) is 11.6 Å². The van der Waals surface area contributed by atoms with Gasteiger partial charge in [-0.2, -0.15) is 0 Å². The molecule has 20 heavy (non-hydrogen) atoms. The molecule has 0 saturated carbocycles. The first-order chi connectivity index (χ1) is 9.24. The maximum absolute atomic E-state index is 13.5. The molecule has 1 aromatic rings. The van der Waals surface area contributed by atoms with Gasteiger partial charge in [0.2, 0.25) is 10.0 Å². The third kappa shape index (κ3) is 2.98. The second-order valence-corrected chi connectivity index (χ2v) is 6.50. The van der Waals surface area contributed by atoms with Crippen LogP contribution in [-0.2, 0) is 14.8 Å². The molecule has 112 valence electrons. The minimum atomic E-state index is -4.24. The van der Waals surface area contributed by atoms with Gasteiger partial charge in [0.15, 0.2) is 0 Å². The summed E-state index contributed by atoms with van der Waals surface area (Å²) in [5.41, 5.74) is -1.35. The third-order valence-electron chi connectivity index (χ3n) is 3.41. The average Bonchev–Trinajstić information content (AvgIpc) is 2.71. The zero-order valence-electron chi connectivity index (χ0n) is 10.8. The zero-order valence-corrected chi connectivity index (χ0v) is 11.6. The van der Waals surface area contributed by atoms with Gasteiger partial charge in [-0.3, -0.25) is 0 Å². The maximum Gasteiger partial charge on any atom is 0.243 e. The van der Waals surface area contributed by atoms with Crippen molar-refractivity contribution in [3.05, 3.63) is 29.8 Å². The molecule has 2 N–H and O–H groups in total. The van der Waals surface area contributed by atoms with Crippen molar-refractivity contribution in [1.29, 1.82) is 0 Å². The third-order valence-corrected chi connectivity index (χ3v) is 4.83. The maximum atomic E-state index is 13.5. The Labute approximate surface area is 115 Å². The van der Waals surface area contributed by atoms with E-state index in [1.54, 1.807) is 6.92 Å². The Hall–Kier alpha value is -1.09. The summed E-state index contributed by atoms with van der Waals surface area (Å²) < 4.78 is 57.6. The fraction of sp³-hybridized carbons (Fsp3) is 0.500. The van der Waals surface area contributed by atoms with Crippen LogP contribution in [0.5, 0.6) is 0 Å². The average molecular weight is 307 g/mol. The van der Waals surface area contributed by atoms with Crippen LogP contribution < -0.4 is 4.72 Å². The molecule has 2 unspecified atom stereocenters. The van der Waals surface area contributed by atoms with Crippen LogP contribution in [0.4, 0.5) is 8.78 Å². The van der Waals surface area contributed by atoms with E-state index >= 15 is 0 Å². The van der Waals surface area contributed by atoms with Crippen molar-refractivity contribution in [3.8, 4) is 0 Å². The van der Waals surface area contributed by atoms with E-state index in [1.807, 2.05) is 0 Å². The van der Waals surface area contributed by atoms with Crippen LogP contribution in [0.2, 0.25) is 0 Å². The molecule has 2 rings (SSSR count). The van der Waals surface area contributed by atoms with E-state index in [0.717, 1.165) is 12.1 Å². The Morgan fingerprint density at radius 2 is 2.20 bits per heavy atom. The molecule has 0 aliphatic carbocycles. The van der Waals surface area contributed by atoms with E-state index in [4.69, 9.17) is 4.74 Å². The molecular formula is C12H15F2NO4S. The van der Waals surface area contributed by atoms with Crippen molar-refractivity contribution in [3.63, 3.8) is 0 Å². The first-order valence-electron chi connectivity index (χ1n) is 6.03. The van der Waals surface area contributed by atoms with Crippen molar-refractivity contribution in [1.82, 2.24) is 4.72 Å². The van der Waals surface area contributed by atoms with E-state index < -0.39 is 38.3 Å². The van der Waals surface area contributed by atoms with E-state index in [0.29, 0.717) is 12.7 Å². The normalized spacial score (nSPS) is 26.9. The van der Waals surface area contributed by atoms with Gasteiger partial charge in [0, 0.05) is 19.6 Å². The predicted molar refractivity (Wildman–Crippen MR) is 66.5 cm³/mol. The van der Waals surface area contributed by atoms with Gasteiger partial charge in [0.05, 0.1) is 6.10 Å². The molecule has 2 atom stereocenters. The van der Waals surface area contributed by atoms with Crippen molar-refractivity contribution in [2.75, 3.05) is 13.2 Å². The topological polar surface area (TPSA) is 75.6 Å². The molecule has 1 aliphatic rings. The summed E-state index contributed by atoms with van der Waals surface area (Å²) in [7, 11) is -4.24. The summed E-state index contributed by atoms with van der Waals surface area (Å²) >= 11 is 0. The van der Waals surface area contributed by atoms with E-state index in [2.05, 4.69) is 4.72 Å². The molecule has 1 saturated heterocycles. The monoisotopic (exact) mass is 307 g/mol. The summed E-state index contributed by atoms with van der Waals surface area (Å²) in [6.45, 7) is 1.60. The van der Waals surface area contributed by atoms with Crippen LogP contribution >= 0.6 is 0 Å². The predicted octanol–water partition coefficient (Wildman–Crippen LogP) is 0.783. The molecule has 0 aromatic heterocycles. The fourth-order valence-corrected chi connectivity index (χ4v) is 3.17. The number of hydrogen-bond donors (Lipinski definition) is 2. The standard InChI is InChI=1S/C12H15F2NO4S/c1-8-12(16,4-5-19-8)7-15-20(17,18)11-6-9(13)2-3-10(11)14/h2-3,6,8,15-16H,4-5,7H2,1H3. The summed E-state index contributed by atoms with van der Waals surface area (Å²) in [5, 5.41) is 10.2. The molecule has 1 aliphatic heterocycles. The minimum Gasteiger partial charge on any atom is -0.386 e. The van der Waals surface area contributed by atoms with E-state index in [1.165, 1.54) is 0 Å². The zero-order chi connectivity index (χ0) is 15.0. The van der Waals surface area contributed by atoms with Crippen molar-refractivity contribution >= 4 is 10.0 Å². The fourth-order valence-electron chi connectivity index (χ4n) is 1.98. The first kappa shape index (κ1) is 15.3. The molecule has 0 bridgehead atoms. The molecule has 0 amide bonds. The smallest absolute Gasteiger partial charge is 0.243 e. The highest BCUT2D eigenvalue weighted by Gasteiger charge is 2.40. The number of sulfonamides is 1. The van der Waals surface area contributed by atoms with Gasteiger partial charge in [-0.15, -0.1) is 0 Å². The highest BCUT2D eigenvalue weighted by atomic mass is 32.2. The Morgan fingerprint density at radius 1 is 1.50 bits per heavy atom. The van der Waals surface area contributed by atoms with Gasteiger partial charge >= 0.3 is 0 Å². The highest BCUT2D eigenvalue weighted by Crippen LogP contribution is 2.25. The van der Waals surface area contributed by atoms with Crippen molar-refractivity contribution in [2.45, 2.75) is 29.9 Å². The van der Waals surface area contributed by atoms with Crippen LogP contribution in [0.3, 0.4) is 0 Å². The van der Waals surface area contributed by atoms with Crippen LogP contribution in [-0.4, -0.2) is 38.4 Å². The van der Waals surface area contributed by atoms with Crippen LogP contribution in [0.1, 0.15) is 13.3 Å². The summed E-state index contributed by atoms with van der Waals surface area (Å²) in [6, 6.07) is 2.16. The van der Waals surface area contributed by atoms with Gasteiger partial charge in [0.1, 0.15) is 22.1 Å². The van der Waals surface area contributed by atoms with Crippen LogP contribution in [0.25, 0.3) is 0 Å². The number of ether oxygens (including phenoxy) is 1. The number of rotatable bonds is 4. The number of benzene rings is 1. The molecule has 1 fully saturated rings. The van der Waals surface area contributed by atoms with Gasteiger partial charge in [-0.25, -0.2) is 21.9 Å². The first-order valence-corrected chi connectivity index (χ1v) is 7.52. The lowest BCUT2D eigenvalue weighted by atomic mass is 9.97. The summed E-state index contributed by atoms with van der Waals surface area (Å²) in [6.07, 6.45) is -0.273. The molecule has 5 nitrogen and oxygen atoms in total. The van der Waals surface area contributed by atoms with E-state index in [9.17, 15) is 22.3 Å². The number of halogens is 2. The van der Waals surface area contributed by atoms with Crippen molar-refractivity contribution < 1.29 is 27.0 Å². The molecule has 0 spiro atoms. The van der Waals surface area contributed by atoms with Crippen molar-refractivity contribution in [2.24, 2.45) is 0 Å². The Bertz CT molecular complexity index is 607. The molecule has 1 aromatic carbocycles. The number of aliphatic hydroxyl groups is 1. The van der Waals surface area contributed by atoms with Gasteiger partial charge in [-0.05, 0) is 25.1 Å². The van der Waals surface area contributed by atoms with Gasteiger partial charge in [-0.1, -0.05) is 0 Å². The number of hydrogen-bond acceptors (Lipinski definition) is 4. The lowest BCUT2D eigenvalue weighted by molar-refractivity contribution is -0.0228. The lowest BCUT2D eigenvalue weighted by Crippen LogP contribution is -2.47. The Morgan fingerprint density at radius 3 is 2.80 bits per heavy atom.